The largest absolute Gasteiger partial charge is 0.478 e. The molecule has 0 saturated heterocycles. The number of hydrogen-bond donors (Lipinski definition) is 3. The molecular formula is C23H20F5N5O4. The lowest BCUT2D eigenvalue weighted by Crippen LogP contribution is -2.21. The Hall–Kier alpha value is -4.62. The molecule has 0 atom stereocenters. The zero-order valence-electron chi connectivity index (χ0n) is 19.3. The van der Waals surface area contributed by atoms with E-state index in [4.69, 9.17) is 26.4 Å². The molecule has 1 amide bonds. The van der Waals surface area contributed by atoms with Crippen molar-refractivity contribution in [3.8, 4) is 29.0 Å². The van der Waals surface area contributed by atoms with Crippen molar-refractivity contribution >= 4 is 17.4 Å². The third kappa shape index (κ3) is 6.54. The maximum absolute atomic E-state index is 15.0. The van der Waals surface area contributed by atoms with Gasteiger partial charge in [0.15, 0.2) is 12.4 Å². The summed E-state index contributed by atoms with van der Waals surface area (Å²) in [5.41, 5.74) is 11.4. The van der Waals surface area contributed by atoms with Crippen LogP contribution in [0.3, 0.4) is 0 Å². The molecule has 14 heteroatoms. The van der Waals surface area contributed by atoms with Crippen molar-refractivity contribution in [3.05, 3.63) is 65.2 Å². The number of anilines is 1. The minimum Gasteiger partial charge on any atom is -0.478 e. The Labute approximate surface area is 206 Å². The first-order valence-electron chi connectivity index (χ1n) is 10.3. The van der Waals surface area contributed by atoms with E-state index in [0.29, 0.717) is 0 Å². The zero-order valence-corrected chi connectivity index (χ0v) is 19.3. The van der Waals surface area contributed by atoms with Gasteiger partial charge in [-0.1, -0.05) is 6.07 Å². The number of carbonyl (C=O) groups is 1. The Bertz CT molecular complexity index is 1350. The van der Waals surface area contributed by atoms with E-state index < -0.39 is 47.8 Å². The highest BCUT2D eigenvalue weighted by atomic mass is 19.4. The van der Waals surface area contributed by atoms with E-state index >= 15 is 8.78 Å². The molecule has 1 heterocycles. The highest BCUT2D eigenvalue weighted by Crippen LogP contribution is 2.39. The molecule has 0 aliphatic heterocycles. The fourth-order valence-corrected chi connectivity index (χ4v) is 2.85. The number of nitrogens with zero attached hydrogens (tertiary/aromatic N) is 2. The van der Waals surface area contributed by atoms with Gasteiger partial charge in [0.2, 0.25) is 17.4 Å². The van der Waals surface area contributed by atoms with Crippen LogP contribution in [0.4, 0.5) is 27.6 Å². The van der Waals surface area contributed by atoms with Crippen molar-refractivity contribution in [1.82, 2.24) is 9.88 Å². The summed E-state index contributed by atoms with van der Waals surface area (Å²) in [4.78, 5) is 17.1. The minimum atomic E-state index is -4.93. The van der Waals surface area contributed by atoms with Gasteiger partial charge in [0.25, 0.3) is 17.7 Å². The topological polar surface area (TPSA) is 137 Å². The predicted octanol–water partition coefficient (Wildman–Crippen LogP) is 4.45. The number of nitrogen functional groups attached to an aromatic ring is 2. The lowest BCUT2D eigenvalue weighted by molar-refractivity contribution is -0.154. The standard InChI is InChI=1S/C23H20F5N5O4/c1-33(2)22(34)12-4-3-5-13(8-12)36-20-16(24)18(35-10-23(26,27)28)17(25)21(32-20)37-15-9-11(19(30)31)6-7-14(15)29/h3-9H,10,29H2,1-2H3,(H3,30,31). The van der Waals surface area contributed by atoms with Crippen LogP contribution in [0.15, 0.2) is 42.5 Å². The molecule has 3 rings (SSSR count). The summed E-state index contributed by atoms with van der Waals surface area (Å²) in [5, 5.41) is 7.50. The second-order valence-corrected chi connectivity index (χ2v) is 7.68. The van der Waals surface area contributed by atoms with Crippen molar-refractivity contribution in [2.45, 2.75) is 6.18 Å². The van der Waals surface area contributed by atoms with Gasteiger partial charge in [-0.25, -0.2) is 0 Å². The van der Waals surface area contributed by atoms with Crippen molar-refractivity contribution in [2.24, 2.45) is 5.73 Å². The number of nitrogens with one attached hydrogen (secondary N) is 1. The van der Waals surface area contributed by atoms with Gasteiger partial charge in [-0.15, -0.1) is 0 Å². The molecule has 0 spiro atoms. The summed E-state index contributed by atoms with van der Waals surface area (Å²) in [6, 6.07) is 9.17. The Morgan fingerprint density at radius 3 is 2.27 bits per heavy atom. The highest BCUT2D eigenvalue weighted by molar-refractivity contribution is 5.96. The van der Waals surface area contributed by atoms with Crippen molar-refractivity contribution in [3.63, 3.8) is 0 Å². The van der Waals surface area contributed by atoms with Crippen LogP contribution in [0.2, 0.25) is 0 Å². The number of benzene rings is 2. The average Bonchev–Trinajstić information content (AvgIpc) is 2.82. The van der Waals surface area contributed by atoms with Gasteiger partial charge >= 0.3 is 6.18 Å². The molecule has 5 N–H and O–H groups in total. The third-order valence-electron chi connectivity index (χ3n) is 4.59. The first kappa shape index (κ1) is 27.0. The minimum absolute atomic E-state index is 0.0781. The molecule has 0 fully saturated rings. The predicted molar refractivity (Wildman–Crippen MR) is 122 cm³/mol. The van der Waals surface area contributed by atoms with E-state index in [1.54, 1.807) is 0 Å². The fraction of sp³-hybridized carbons (Fsp3) is 0.174. The van der Waals surface area contributed by atoms with Crippen LogP contribution in [0.5, 0.6) is 29.0 Å². The molecule has 0 aliphatic carbocycles. The second kappa shape index (κ2) is 10.6. The van der Waals surface area contributed by atoms with Crippen LogP contribution in [0.1, 0.15) is 15.9 Å². The van der Waals surface area contributed by atoms with E-state index in [0.717, 1.165) is 6.07 Å². The van der Waals surface area contributed by atoms with Gasteiger partial charge in [0.05, 0.1) is 5.69 Å². The van der Waals surface area contributed by atoms with Crippen LogP contribution in [0.25, 0.3) is 0 Å². The molecule has 2 aromatic carbocycles. The number of amidine groups is 1. The number of aromatic nitrogens is 1. The van der Waals surface area contributed by atoms with Crippen LogP contribution >= 0.6 is 0 Å². The SMILES string of the molecule is CN(C)C(=O)c1cccc(Oc2nc(Oc3cc(C(=N)N)ccc3N)c(F)c(OCC(F)(F)F)c2F)c1. The summed E-state index contributed by atoms with van der Waals surface area (Å²) in [7, 11) is 3.00. The van der Waals surface area contributed by atoms with Gasteiger partial charge in [-0.05, 0) is 36.4 Å². The molecular weight excluding hydrogens is 505 g/mol. The van der Waals surface area contributed by atoms with Crippen molar-refractivity contribution < 1.29 is 41.0 Å². The monoisotopic (exact) mass is 525 g/mol. The molecule has 0 aliphatic rings. The molecule has 9 nitrogen and oxygen atoms in total. The molecule has 0 saturated carbocycles. The average molecular weight is 525 g/mol. The number of alkyl halides is 3. The number of nitrogens with two attached hydrogens (primary N) is 2. The van der Waals surface area contributed by atoms with Crippen molar-refractivity contribution in [2.75, 3.05) is 26.4 Å². The van der Waals surface area contributed by atoms with Gasteiger partial charge in [0.1, 0.15) is 11.6 Å². The maximum Gasteiger partial charge on any atom is 0.422 e. The van der Waals surface area contributed by atoms with Gasteiger partial charge in [0, 0.05) is 25.2 Å². The lowest BCUT2D eigenvalue weighted by atomic mass is 10.2. The summed E-state index contributed by atoms with van der Waals surface area (Å²) in [6.45, 7) is -2.03. The van der Waals surface area contributed by atoms with E-state index in [-0.39, 0.29) is 34.1 Å². The summed E-state index contributed by atoms with van der Waals surface area (Å²) in [6.07, 6.45) is -4.93. The molecule has 1 aromatic heterocycles. The number of pyridine rings is 1. The van der Waals surface area contributed by atoms with Crippen LogP contribution in [-0.4, -0.2) is 48.5 Å². The highest BCUT2D eigenvalue weighted by Gasteiger charge is 2.32. The van der Waals surface area contributed by atoms with Gasteiger partial charge in [-0.2, -0.15) is 26.9 Å². The number of carbonyl (C=O) groups excluding carboxylic acids is 1. The number of hydrogen-bond acceptors (Lipinski definition) is 7. The number of halogens is 5. The summed E-state index contributed by atoms with van der Waals surface area (Å²) >= 11 is 0. The Kier molecular flexibility index (Phi) is 7.70. The molecule has 3 aromatic rings. The second-order valence-electron chi connectivity index (χ2n) is 7.68. The number of rotatable bonds is 8. The number of amides is 1. The van der Waals surface area contributed by atoms with Crippen LogP contribution in [-0.2, 0) is 0 Å². The van der Waals surface area contributed by atoms with E-state index in [2.05, 4.69) is 9.72 Å². The molecule has 0 unspecified atom stereocenters. The third-order valence-corrected chi connectivity index (χ3v) is 4.59. The van der Waals surface area contributed by atoms with E-state index in [1.807, 2.05) is 0 Å². The van der Waals surface area contributed by atoms with Gasteiger partial charge < -0.3 is 30.6 Å². The lowest BCUT2D eigenvalue weighted by Gasteiger charge is -2.16. The molecule has 0 bridgehead atoms. The van der Waals surface area contributed by atoms with Crippen molar-refractivity contribution in [1.29, 1.82) is 5.41 Å². The first-order chi connectivity index (χ1) is 17.3. The molecule has 0 radical (unpaired) electrons. The summed E-state index contributed by atoms with van der Waals surface area (Å²) < 4.78 is 83.2. The fourth-order valence-electron chi connectivity index (χ4n) is 2.85. The Balaban J connectivity index is 2.08. The van der Waals surface area contributed by atoms with E-state index in [1.165, 1.54) is 55.4 Å². The Morgan fingerprint density at radius 1 is 1.03 bits per heavy atom. The first-order valence-corrected chi connectivity index (χ1v) is 10.3. The maximum atomic E-state index is 15.0. The number of ether oxygens (including phenoxy) is 3. The smallest absolute Gasteiger partial charge is 0.422 e. The Morgan fingerprint density at radius 2 is 1.68 bits per heavy atom. The summed E-state index contributed by atoms with van der Waals surface area (Å²) in [5.74, 6) is -8.15. The van der Waals surface area contributed by atoms with Crippen LogP contribution in [0, 0.1) is 17.0 Å². The quantitative estimate of drug-likeness (QED) is 0.171. The normalized spacial score (nSPS) is 11.1. The van der Waals surface area contributed by atoms with E-state index in [9.17, 15) is 18.0 Å². The molecule has 37 heavy (non-hydrogen) atoms. The zero-order chi connectivity index (χ0) is 27.5. The van der Waals surface area contributed by atoms with Crippen LogP contribution < -0.4 is 25.7 Å². The molecule has 196 valence electrons. The van der Waals surface area contributed by atoms with Gasteiger partial charge in [-0.3, -0.25) is 10.2 Å².